The van der Waals surface area contributed by atoms with Gasteiger partial charge >= 0.3 is 11.9 Å². The standard InChI is InChI=1S/C17H14O6/c1-10(15(20)21)17(16(22)23,11-2-6-13(18)7-3-11)12-4-8-14(19)9-5-12/h2-9,18-19H,1H2,(H,20,21)(H,22,23). The van der Waals surface area contributed by atoms with Crippen molar-refractivity contribution in [1.29, 1.82) is 0 Å². The summed E-state index contributed by atoms with van der Waals surface area (Å²) in [6.45, 7) is 3.44. The maximum absolute atomic E-state index is 12.1. The second-order valence-electron chi connectivity index (χ2n) is 4.93. The number of aromatic hydroxyl groups is 2. The first-order valence-corrected chi connectivity index (χ1v) is 6.55. The molecule has 6 heteroatoms. The van der Waals surface area contributed by atoms with Gasteiger partial charge in [-0.1, -0.05) is 30.8 Å². The van der Waals surface area contributed by atoms with Crippen LogP contribution < -0.4 is 0 Å². The Hall–Kier alpha value is -3.28. The van der Waals surface area contributed by atoms with Crippen LogP contribution in [-0.2, 0) is 15.0 Å². The first-order chi connectivity index (χ1) is 10.8. The first kappa shape index (κ1) is 16.1. The van der Waals surface area contributed by atoms with Crippen molar-refractivity contribution < 1.29 is 30.0 Å². The summed E-state index contributed by atoms with van der Waals surface area (Å²) >= 11 is 0. The third kappa shape index (κ3) is 2.62. The van der Waals surface area contributed by atoms with Gasteiger partial charge in [-0.3, -0.25) is 4.79 Å². The number of carboxylic acid groups (broad SMARTS) is 2. The molecular formula is C17H14O6. The molecule has 2 aromatic carbocycles. The molecular weight excluding hydrogens is 300 g/mol. The van der Waals surface area contributed by atoms with Gasteiger partial charge in [-0.2, -0.15) is 0 Å². The van der Waals surface area contributed by atoms with Gasteiger partial charge in [0.15, 0.2) is 0 Å². The molecule has 2 rings (SSSR count). The van der Waals surface area contributed by atoms with E-state index < -0.39 is 22.9 Å². The molecule has 23 heavy (non-hydrogen) atoms. The number of rotatable bonds is 5. The Bertz CT molecular complexity index is 713. The van der Waals surface area contributed by atoms with E-state index in [1.54, 1.807) is 0 Å². The van der Waals surface area contributed by atoms with Gasteiger partial charge in [0.25, 0.3) is 0 Å². The molecule has 0 heterocycles. The van der Waals surface area contributed by atoms with Gasteiger partial charge in [-0.15, -0.1) is 0 Å². The van der Waals surface area contributed by atoms with E-state index in [4.69, 9.17) is 0 Å². The van der Waals surface area contributed by atoms with E-state index in [1.807, 2.05) is 0 Å². The van der Waals surface area contributed by atoms with Crippen LogP contribution in [0.2, 0.25) is 0 Å². The van der Waals surface area contributed by atoms with Gasteiger partial charge in [-0.05, 0) is 35.4 Å². The average Bonchev–Trinajstić information content (AvgIpc) is 2.50. The second kappa shape index (κ2) is 5.84. The topological polar surface area (TPSA) is 115 Å². The van der Waals surface area contributed by atoms with Gasteiger partial charge in [0, 0.05) is 0 Å². The van der Waals surface area contributed by atoms with Crippen molar-refractivity contribution >= 4 is 11.9 Å². The van der Waals surface area contributed by atoms with E-state index in [9.17, 15) is 30.0 Å². The first-order valence-electron chi connectivity index (χ1n) is 6.55. The Morgan fingerprint density at radius 3 is 1.39 bits per heavy atom. The van der Waals surface area contributed by atoms with Crippen LogP contribution in [0.15, 0.2) is 60.7 Å². The lowest BCUT2D eigenvalue weighted by Crippen LogP contribution is -2.41. The van der Waals surface area contributed by atoms with Crippen molar-refractivity contribution in [2.45, 2.75) is 5.41 Å². The molecule has 0 radical (unpaired) electrons. The summed E-state index contributed by atoms with van der Waals surface area (Å²) in [7, 11) is 0. The van der Waals surface area contributed by atoms with Crippen LogP contribution in [0.5, 0.6) is 11.5 Å². The zero-order chi connectivity index (χ0) is 17.2. The zero-order valence-corrected chi connectivity index (χ0v) is 11.9. The minimum absolute atomic E-state index is 0.0836. The van der Waals surface area contributed by atoms with Gasteiger partial charge in [0.05, 0.1) is 5.57 Å². The highest BCUT2D eigenvalue weighted by Crippen LogP contribution is 2.40. The predicted octanol–water partition coefficient (Wildman–Crippen LogP) is 2.11. The monoisotopic (exact) mass is 314 g/mol. The molecule has 0 saturated carbocycles. The lowest BCUT2D eigenvalue weighted by molar-refractivity contribution is -0.144. The lowest BCUT2D eigenvalue weighted by Gasteiger charge is -2.30. The fraction of sp³-hybridized carbons (Fsp3) is 0.0588. The molecule has 0 bridgehead atoms. The number of hydrogen-bond acceptors (Lipinski definition) is 4. The minimum Gasteiger partial charge on any atom is -0.508 e. The number of carbonyl (C=O) groups is 2. The fourth-order valence-electron chi connectivity index (χ4n) is 2.47. The van der Waals surface area contributed by atoms with Crippen LogP contribution in [-0.4, -0.2) is 32.4 Å². The number of aliphatic carboxylic acids is 2. The van der Waals surface area contributed by atoms with Crippen LogP contribution in [0.3, 0.4) is 0 Å². The number of benzene rings is 2. The van der Waals surface area contributed by atoms with Gasteiger partial charge in [0.1, 0.15) is 16.9 Å². The third-order valence-corrected chi connectivity index (χ3v) is 3.63. The molecule has 0 spiro atoms. The summed E-state index contributed by atoms with van der Waals surface area (Å²) in [5, 5.41) is 38.0. The summed E-state index contributed by atoms with van der Waals surface area (Å²) in [5.41, 5.74) is -2.35. The number of hydrogen-bond donors (Lipinski definition) is 4. The van der Waals surface area contributed by atoms with E-state index in [-0.39, 0.29) is 22.6 Å². The summed E-state index contributed by atoms with van der Waals surface area (Å²) in [6, 6.07) is 10.4. The molecule has 0 atom stereocenters. The van der Waals surface area contributed by atoms with Gasteiger partial charge in [-0.25, -0.2) is 4.79 Å². The predicted molar refractivity (Wildman–Crippen MR) is 81.4 cm³/mol. The lowest BCUT2D eigenvalue weighted by atomic mass is 9.69. The molecule has 0 aliphatic rings. The van der Waals surface area contributed by atoms with Crippen LogP contribution in [0.4, 0.5) is 0 Å². The van der Waals surface area contributed by atoms with Crippen LogP contribution in [0, 0.1) is 0 Å². The van der Waals surface area contributed by atoms with Crippen molar-refractivity contribution in [2.24, 2.45) is 0 Å². The van der Waals surface area contributed by atoms with Gasteiger partial charge < -0.3 is 20.4 Å². The maximum Gasteiger partial charge on any atom is 0.332 e. The van der Waals surface area contributed by atoms with Crippen molar-refractivity contribution in [2.75, 3.05) is 0 Å². The summed E-state index contributed by atoms with van der Waals surface area (Å²) in [5.74, 6) is -3.06. The highest BCUT2D eigenvalue weighted by atomic mass is 16.4. The molecule has 118 valence electrons. The molecule has 0 unspecified atom stereocenters. The molecule has 6 nitrogen and oxygen atoms in total. The quantitative estimate of drug-likeness (QED) is 0.628. The van der Waals surface area contributed by atoms with E-state index >= 15 is 0 Å². The molecule has 0 aliphatic carbocycles. The molecule has 0 aromatic heterocycles. The van der Waals surface area contributed by atoms with Crippen LogP contribution in [0.25, 0.3) is 0 Å². The largest absolute Gasteiger partial charge is 0.508 e. The molecule has 4 N–H and O–H groups in total. The number of phenolic OH excluding ortho intramolecular Hbond substituents is 2. The van der Waals surface area contributed by atoms with E-state index in [2.05, 4.69) is 6.58 Å². The Morgan fingerprint density at radius 2 is 1.13 bits per heavy atom. The molecule has 0 aliphatic heterocycles. The van der Waals surface area contributed by atoms with Crippen LogP contribution >= 0.6 is 0 Å². The molecule has 0 amide bonds. The molecule has 0 fully saturated rings. The average molecular weight is 314 g/mol. The Kier molecular flexibility index (Phi) is 4.09. The Balaban J connectivity index is 2.83. The number of carboxylic acids is 2. The van der Waals surface area contributed by atoms with Gasteiger partial charge in [0.2, 0.25) is 0 Å². The van der Waals surface area contributed by atoms with E-state index in [0.29, 0.717) is 0 Å². The van der Waals surface area contributed by atoms with Crippen molar-refractivity contribution in [1.82, 2.24) is 0 Å². The Morgan fingerprint density at radius 1 is 0.783 bits per heavy atom. The normalized spacial score (nSPS) is 11.0. The van der Waals surface area contributed by atoms with Crippen LogP contribution in [0.1, 0.15) is 11.1 Å². The highest BCUT2D eigenvalue weighted by molar-refractivity contribution is 6.03. The molecule has 2 aromatic rings. The fourth-order valence-corrected chi connectivity index (χ4v) is 2.47. The molecule has 0 saturated heterocycles. The number of phenols is 2. The summed E-state index contributed by atoms with van der Waals surface area (Å²) < 4.78 is 0. The maximum atomic E-state index is 12.1. The zero-order valence-electron chi connectivity index (χ0n) is 11.9. The van der Waals surface area contributed by atoms with E-state index in [1.165, 1.54) is 48.5 Å². The second-order valence-corrected chi connectivity index (χ2v) is 4.93. The summed E-state index contributed by atoms with van der Waals surface area (Å²) in [6.07, 6.45) is 0. The summed E-state index contributed by atoms with van der Waals surface area (Å²) in [4.78, 5) is 23.6. The minimum atomic E-state index is -2.05. The van der Waals surface area contributed by atoms with Crippen molar-refractivity contribution in [3.8, 4) is 11.5 Å². The Labute approximate surface area is 131 Å². The van der Waals surface area contributed by atoms with E-state index in [0.717, 1.165) is 0 Å². The van der Waals surface area contributed by atoms with Crippen molar-refractivity contribution in [3.05, 3.63) is 71.8 Å². The SMILES string of the molecule is C=C(C(=O)O)C(C(=O)O)(c1ccc(O)cc1)c1ccc(O)cc1. The smallest absolute Gasteiger partial charge is 0.332 e. The highest BCUT2D eigenvalue weighted by Gasteiger charge is 2.47. The van der Waals surface area contributed by atoms with Crippen molar-refractivity contribution in [3.63, 3.8) is 0 Å². The third-order valence-electron chi connectivity index (χ3n) is 3.63.